The van der Waals surface area contributed by atoms with Crippen molar-refractivity contribution in [1.29, 1.82) is 0 Å². The molecule has 0 bridgehead atoms. The molecule has 0 radical (unpaired) electrons. The molecule has 4 aliphatic rings. The summed E-state index contributed by atoms with van der Waals surface area (Å²) in [6, 6.07) is 0. The van der Waals surface area contributed by atoms with E-state index in [0.29, 0.717) is 18.1 Å². The fourth-order valence-corrected chi connectivity index (χ4v) is 5.83. The van der Waals surface area contributed by atoms with Gasteiger partial charge in [-0.05, 0) is 74.0 Å². The van der Waals surface area contributed by atoms with Gasteiger partial charge in [-0.3, -0.25) is 9.59 Å². The number of aliphatic hydroxyl groups excluding tert-OH is 1. The van der Waals surface area contributed by atoms with Crippen molar-refractivity contribution in [3.8, 4) is 0 Å². The van der Waals surface area contributed by atoms with E-state index in [0.717, 1.165) is 37.7 Å². The summed E-state index contributed by atoms with van der Waals surface area (Å²) in [6.45, 7) is 4.44. The molecule has 3 heteroatoms. The lowest BCUT2D eigenvalue weighted by atomic mass is 9.53. The molecule has 0 heterocycles. The SMILES string of the molecule is C[C@]12C=CC(=O)C=C1CC[C@@H]1C2=CC[C@]2(C)/C(=C(\O)C=O)CC[C@@H]12. The lowest BCUT2D eigenvalue weighted by Crippen LogP contribution is -2.42. The highest BCUT2D eigenvalue weighted by Gasteiger charge is 2.54. The highest BCUT2D eigenvalue weighted by Crippen LogP contribution is 2.63. The Morgan fingerprint density at radius 2 is 2.08 bits per heavy atom. The van der Waals surface area contributed by atoms with Crippen LogP contribution in [-0.2, 0) is 9.59 Å². The van der Waals surface area contributed by atoms with Crippen LogP contribution in [0.15, 0.2) is 46.8 Å². The molecular weight excluding hydrogens is 300 g/mol. The molecule has 2 saturated carbocycles. The van der Waals surface area contributed by atoms with Crippen molar-refractivity contribution in [1.82, 2.24) is 0 Å². The smallest absolute Gasteiger partial charge is 0.184 e. The van der Waals surface area contributed by atoms with Gasteiger partial charge in [0.15, 0.2) is 17.8 Å². The van der Waals surface area contributed by atoms with Crippen LogP contribution in [0, 0.1) is 22.7 Å². The molecule has 0 aliphatic heterocycles. The van der Waals surface area contributed by atoms with Gasteiger partial charge in [0.2, 0.25) is 0 Å². The second kappa shape index (κ2) is 5.05. The summed E-state index contributed by atoms with van der Waals surface area (Å²) in [7, 11) is 0. The summed E-state index contributed by atoms with van der Waals surface area (Å²) >= 11 is 0. The van der Waals surface area contributed by atoms with Gasteiger partial charge in [-0.1, -0.05) is 30.2 Å². The zero-order valence-electron chi connectivity index (χ0n) is 14.3. The zero-order chi connectivity index (χ0) is 17.1. The average Bonchev–Trinajstić information content (AvgIpc) is 2.92. The summed E-state index contributed by atoms with van der Waals surface area (Å²) < 4.78 is 0. The van der Waals surface area contributed by atoms with Gasteiger partial charge in [-0.2, -0.15) is 0 Å². The summed E-state index contributed by atoms with van der Waals surface area (Å²) in [4.78, 5) is 22.8. The molecule has 2 fully saturated rings. The largest absolute Gasteiger partial charge is 0.505 e. The van der Waals surface area contributed by atoms with E-state index in [9.17, 15) is 14.7 Å². The number of aliphatic hydroxyl groups is 1. The average molecular weight is 324 g/mol. The summed E-state index contributed by atoms with van der Waals surface area (Å²) in [5.41, 5.74) is 3.39. The van der Waals surface area contributed by atoms with Crippen molar-refractivity contribution in [2.75, 3.05) is 0 Å². The van der Waals surface area contributed by atoms with Crippen LogP contribution < -0.4 is 0 Å². The van der Waals surface area contributed by atoms with Crippen LogP contribution in [0.4, 0.5) is 0 Å². The quantitative estimate of drug-likeness (QED) is 0.340. The van der Waals surface area contributed by atoms with Crippen molar-refractivity contribution in [3.05, 3.63) is 46.8 Å². The molecule has 4 aliphatic carbocycles. The van der Waals surface area contributed by atoms with E-state index in [4.69, 9.17) is 0 Å². The predicted molar refractivity (Wildman–Crippen MR) is 92.3 cm³/mol. The summed E-state index contributed by atoms with van der Waals surface area (Å²) in [6.07, 6.45) is 13.3. The second-order valence-electron chi connectivity index (χ2n) is 8.16. The van der Waals surface area contributed by atoms with Gasteiger partial charge in [0.05, 0.1) is 0 Å². The first-order chi connectivity index (χ1) is 11.4. The van der Waals surface area contributed by atoms with Gasteiger partial charge >= 0.3 is 0 Å². The minimum absolute atomic E-state index is 0.0531. The summed E-state index contributed by atoms with van der Waals surface area (Å²) in [5, 5.41) is 10.1. The van der Waals surface area contributed by atoms with Crippen molar-refractivity contribution >= 4 is 12.1 Å². The number of ketones is 1. The maximum absolute atomic E-state index is 11.8. The molecule has 24 heavy (non-hydrogen) atoms. The van der Waals surface area contributed by atoms with Crippen LogP contribution in [0.1, 0.15) is 46.0 Å². The molecule has 0 saturated heterocycles. The number of carbonyl (C=O) groups is 2. The van der Waals surface area contributed by atoms with Crippen LogP contribution >= 0.6 is 0 Å². The normalized spacial score (nSPS) is 42.5. The van der Waals surface area contributed by atoms with E-state index in [-0.39, 0.29) is 22.4 Å². The maximum Gasteiger partial charge on any atom is 0.184 e. The first-order valence-corrected chi connectivity index (χ1v) is 8.92. The third-order valence-corrected chi connectivity index (χ3v) is 7.15. The van der Waals surface area contributed by atoms with Crippen LogP contribution in [-0.4, -0.2) is 17.2 Å². The van der Waals surface area contributed by atoms with Crippen molar-refractivity contribution < 1.29 is 14.7 Å². The lowest BCUT2D eigenvalue weighted by molar-refractivity contribution is -0.110. The first-order valence-electron chi connectivity index (χ1n) is 8.92. The number of hydrogen-bond acceptors (Lipinski definition) is 3. The number of allylic oxidation sites excluding steroid dienone is 8. The van der Waals surface area contributed by atoms with E-state index in [1.165, 1.54) is 11.1 Å². The van der Waals surface area contributed by atoms with Crippen LogP contribution in [0.5, 0.6) is 0 Å². The number of fused-ring (bicyclic) bond motifs is 5. The fourth-order valence-electron chi connectivity index (χ4n) is 5.83. The molecule has 0 aromatic heterocycles. The lowest BCUT2D eigenvalue weighted by Gasteiger charge is -2.51. The molecule has 1 N–H and O–H groups in total. The number of rotatable bonds is 1. The third-order valence-electron chi connectivity index (χ3n) is 7.15. The third kappa shape index (κ3) is 1.90. The molecule has 0 aromatic rings. The van der Waals surface area contributed by atoms with Crippen molar-refractivity contribution in [2.24, 2.45) is 22.7 Å². The number of aldehydes is 1. The first kappa shape index (κ1) is 15.6. The van der Waals surface area contributed by atoms with Gasteiger partial charge in [0.25, 0.3) is 0 Å². The Kier molecular flexibility index (Phi) is 3.28. The van der Waals surface area contributed by atoms with E-state index in [2.05, 4.69) is 26.0 Å². The van der Waals surface area contributed by atoms with E-state index in [1.54, 1.807) is 6.08 Å². The summed E-state index contributed by atoms with van der Waals surface area (Å²) in [5.74, 6) is 0.992. The molecule has 0 aromatic carbocycles. The molecule has 0 unspecified atom stereocenters. The molecular formula is C21H24O3. The predicted octanol–water partition coefficient (Wildman–Crippen LogP) is 4.23. The minimum atomic E-state index is -0.128. The Morgan fingerprint density at radius 1 is 1.29 bits per heavy atom. The zero-order valence-corrected chi connectivity index (χ0v) is 14.3. The molecule has 4 rings (SSSR count). The molecule has 126 valence electrons. The van der Waals surface area contributed by atoms with Gasteiger partial charge in [-0.25, -0.2) is 0 Å². The Morgan fingerprint density at radius 3 is 2.83 bits per heavy atom. The van der Waals surface area contributed by atoms with Crippen LogP contribution in [0.3, 0.4) is 0 Å². The molecule has 0 spiro atoms. The number of carbonyl (C=O) groups excluding carboxylic acids is 2. The van der Waals surface area contributed by atoms with Gasteiger partial charge in [0, 0.05) is 5.41 Å². The monoisotopic (exact) mass is 324 g/mol. The Hall–Kier alpha value is -1.90. The van der Waals surface area contributed by atoms with Crippen LogP contribution in [0.2, 0.25) is 0 Å². The highest BCUT2D eigenvalue weighted by atomic mass is 16.3. The van der Waals surface area contributed by atoms with Gasteiger partial charge in [0.1, 0.15) is 0 Å². The van der Waals surface area contributed by atoms with Gasteiger partial charge in [-0.15, -0.1) is 0 Å². The standard InChI is InChI=1S/C21H24O3/c1-20-9-7-14(23)11-13(20)3-4-15-16-5-6-18(19(24)12-22)21(16,2)10-8-17(15)20/h7-9,11-12,15-16,24H,3-6,10H2,1-2H3/b19-18-/t15-,16-,20-,21-/m0/s1. The Balaban J connectivity index is 1.79. The van der Waals surface area contributed by atoms with E-state index < -0.39 is 0 Å². The van der Waals surface area contributed by atoms with Crippen molar-refractivity contribution in [2.45, 2.75) is 46.0 Å². The van der Waals surface area contributed by atoms with E-state index in [1.807, 2.05) is 6.08 Å². The van der Waals surface area contributed by atoms with Crippen LogP contribution in [0.25, 0.3) is 0 Å². The maximum atomic E-state index is 11.8. The molecule has 3 nitrogen and oxygen atoms in total. The van der Waals surface area contributed by atoms with Gasteiger partial charge < -0.3 is 5.11 Å². The Bertz CT molecular complexity index is 751. The Labute approximate surface area is 142 Å². The van der Waals surface area contributed by atoms with Crippen molar-refractivity contribution in [3.63, 3.8) is 0 Å². The fraction of sp³-hybridized carbons (Fsp3) is 0.524. The number of hydrogen-bond donors (Lipinski definition) is 1. The molecule has 0 amide bonds. The second-order valence-corrected chi connectivity index (χ2v) is 8.16. The molecule has 4 atom stereocenters. The highest BCUT2D eigenvalue weighted by molar-refractivity contribution is 6.01. The van der Waals surface area contributed by atoms with E-state index >= 15 is 0 Å². The topological polar surface area (TPSA) is 54.4 Å². The minimum Gasteiger partial charge on any atom is -0.505 e.